The first-order valence-corrected chi connectivity index (χ1v) is 11.9. The fourth-order valence-electron chi connectivity index (χ4n) is 4.45. The first-order chi connectivity index (χ1) is 16.7. The molecule has 0 aliphatic heterocycles. The number of para-hydroxylation sites is 2. The number of phenols is 1. The molecule has 0 saturated carbocycles. The molecule has 3 aromatic carbocycles. The SMILES string of the molecule is Br.COCCc1cc(C(=O)Cn2c(=N)n(Cc3ccccc3)c3ccccc32)cc(C(C)(C)C)c1O. The van der Waals surface area contributed by atoms with Gasteiger partial charge in [0.05, 0.1) is 30.7 Å². The van der Waals surface area contributed by atoms with Gasteiger partial charge in [0.25, 0.3) is 0 Å². The fraction of sp³-hybridized carbons (Fsp3) is 0.310. The highest BCUT2D eigenvalue weighted by Crippen LogP contribution is 2.35. The third-order valence-electron chi connectivity index (χ3n) is 6.35. The molecular formula is C29H34BrN3O3. The molecular weight excluding hydrogens is 518 g/mol. The Morgan fingerprint density at radius 1 is 0.972 bits per heavy atom. The fourth-order valence-corrected chi connectivity index (χ4v) is 4.45. The van der Waals surface area contributed by atoms with E-state index in [-0.39, 0.29) is 46.1 Å². The minimum absolute atomic E-state index is 0. The smallest absolute Gasteiger partial charge is 0.203 e. The number of hydrogen-bond acceptors (Lipinski definition) is 4. The number of benzene rings is 3. The normalized spacial score (nSPS) is 11.4. The molecule has 4 rings (SSSR count). The van der Waals surface area contributed by atoms with E-state index in [0.717, 1.165) is 22.2 Å². The summed E-state index contributed by atoms with van der Waals surface area (Å²) in [6.45, 7) is 7.10. The van der Waals surface area contributed by atoms with Crippen molar-refractivity contribution in [3.8, 4) is 5.75 Å². The number of halogens is 1. The molecule has 1 aromatic heterocycles. The summed E-state index contributed by atoms with van der Waals surface area (Å²) < 4.78 is 8.90. The lowest BCUT2D eigenvalue weighted by Crippen LogP contribution is -2.28. The number of carbonyl (C=O) groups is 1. The Kier molecular flexibility index (Phi) is 8.59. The van der Waals surface area contributed by atoms with Crippen molar-refractivity contribution >= 4 is 33.8 Å². The van der Waals surface area contributed by atoms with Gasteiger partial charge in [-0.2, -0.15) is 0 Å². The standard InChI is InChI=1S/C29H33N3O3.BrH/c1-29(2,3)23-17-22(16-21(27(23)34)14-15-35-4)26(33)19-32-25-13-9-8-12-24(25)31(28(32)30)18-20-10-6-5-7-11-20;/h5-13,16-17,30,34H,14-15,18-19H2,1-4H3;1H. The molecule has 2 N–H and O–H groups in total. The summed E-state index contributed by atoms with van der Waals surface area (Å²) >= 11 is 0. The molecule has 7 heteroatoms. The van der Waals surface area contributed by atoms with Gasteiger partial charge in [-0.3, -0.25) is 10.2 Å². The number of hydrogen-bond donors (Lipinski definition) is 2. The maximum atomic E-state index is 13.6. The molecule has 0 amide bonds. The minimum Gasteiger partial charge on any atom is -0.507 e. The molecule has 0 unspecified atom stereocenters. The predicted octanol–water partition coefficient (Wildman–Crippen LogP) is 5.62. The number of ketones is 1. The summed E-state index contributed by atoms with van der Waals surface area (Å²) in [5.74, 6) is 0.120. The number of aromatic hydroxyl groups is 1. The molecule has 0 bridgehead atoms. The summed E-state index contributed by atoms with van der Waals surface area (Å²) in [5.41, 5.74) is 4.76. The van der Waals surface area contributed by atoms with Crippen molar-refractivity contribution in [3.63, 3.8) is 0 Å². The van der Waals surface area contributed by atoms with E-state index in [2.05, 4.69) is 0 Å². The molecule has 0 atom stereocenters. The molecule has 36 heavy (non-hydrogen) atoms. The van der Waals surface area contributed by atoms with Crippen LogP contribution in [0.1, 0.15) is 47.8 Å². The number of Topliss-reactive ketones (excluding diaryl/α,β-unsaturated/α-hetero) is 1. The van der Waals surface area contributed by atoms with Gasteiger partial charge in [0, 0.05) is 18.2 Å². The summed E-state index contributed by atoms with van der Waals surface area (Å²) in [7, 11) is 1.62. The zero-order valence-corrected chi connectivity index (χ0v) is 23.0. The van der Waals surface area contributed by atoms with Crippen LogP contribution in [0.25, 0.3) is 11.0 Å². The second-order valence-electron chi connectivity index (χ2n) is 9.92. The van der Waals surface area contributed by atoms with Gasteiger partial charge in [0.2, 0.25) is 5.62 Å². The summed E-state index contributed by atoms with van der Waals surface area (Å²) in [6.07, 6.45) is 0.514. The first-order valence-electron chi connectivity index (χ1n) is 11.9. The van der Waals surface area contributed by atoms with Crippen LogP contribution in [0, 0.1) is 5.41 Å². The highest BCUT2D eigenvalue weighted by molar-refractivity contribution is 8.93. The summed E-state index contributed by atoms with van der Waals surface area (Å²) in [5, 5.41) is 19.8. The number of carbonyl (C=O) groups excluding carboxylic acids is 1. The van der Waals surface area contributed by atoms with Crippen LogP contribution < -0.4 is 5.62 Å². The Hall–Kier alpha value is -3.16. The van der Waals surface area contributed by atoms with Crippen LogP contribution in [0.15, 0.2) is 66.7 Å². The topological polar surface area (TPSA) is 80.2 Å². The number of fused-ring (bicyclic) bond motifs is 1. The van der Waals surface area contributed by atoms with E-state index >= 15 is 0 Å². The maximum absolute atomic E-state index is 13.6. The maximum Gasteiger partial charge on any atom is 0.203 e. The van der Waals surface area contributed by atoms with Crippen LogP contribution in [0.2, 0.25) is 0 Å². The molecule has 0 radical (unpaired) electrons. The average molecular weight is 553 g/mol. The van der Waals surface area contributed by atoms with Gasteiger partial charge in [0.15, 0.2) is 5.78 Å². The van der Waals surface area contributed by atoms with Gasteiger partial charge in [0.1, 0.15) is 5.75 Å². The highest BCUT2D eigenvalue weighted by Gasteiger charge is 2.24. The Morgan fingerprint density at radius 2 is 1.58 bits per heavy atom. The van der Waals surface area contributed by atoms with E-state index in [4.69, 9.17) is 10.1 Å². The van der Waals surface area contributed by atoms with Crippen LogP contribution in [-0.2, 0) is 29.7 Å². The van der Waals surface area contributed by atoms with Crippen molar-refractivity contribution in [2.24, 2.45) is 0 Å². The number of methoxy groups -OCH3 is 1. The highest BCUT2D eigenvalue weighted by atomic mass is 79.9. The van der Waals surface area contributed by atoms with Crippen LogP contribution in [0.5, 0.6) is 5.75 Å². The molecule has 0 aliphatic carbocycles. The zero-order valence-electron chi connectivity index (χ0n) is 21.2. The average Bonchev–Trinajstić information content (AvgIpc) is 3.09. The van der Waals surface area contributed by atoms with Crippen molar-refractivity contribution in [3.05, 3.63) is 94.6 Å². The number of aromatic nitrogens is 2. The molecule has 1 heterocycles. The predicted molar refractivity (Wildman–Crippen MR) is 148 cm³/mol. The van der Waals surface area contributed by atoms with E-state index in [1.807, 2.05) is 79.9 Å². The number of phenolic OH excluding ortho intramolecular Hbond substituents is 1. The quantitative estimate of drug-likeness (QED) is 0.279. The van der Waals surface area contributed by atoms with Crippen molar-refractivity contribution in [1.29, 1.82) is 5.41 Å². The largest absolute Gasteiger partial charge is 0.507 e. The second-order valence-corrected chi connectivity index (χ2v) is 9.92. The van der Waals surface area contributed by atoms with Gasteiger partial charge in [-0.1, -0.05) is 63.2 Å². The lowest BCUT2D eigenvalue weighted by molar-refractivity contribution is 0.0971. The Balaban J connectivity index is 0.00000361. The van der Waals surface area contributed by atoms with Gasteiger partial charge in [-0.25, -0.2) is 0 Å². The molecule has 6 nitrogen and oxygen atoms in total. The van der Waals surface area contributed by atoms with Gasteiger partial charge in [-0.15, -0.1) is 17.0 Å². The van der Waals surface area contributed by atoms with Crippen molar-refractivity contribution < 1.29 is 14.6 Å². The lowest BCUT2D eigenvalue weighted by Gasteiger charge is -2.23. The number of imidazole rings is 1. The van der Waals surface area contributed by atoms with E-state index in [1.165, 1.54) is 0 Å². The number of rotatable bonds is 8. The number of nitrogens with one attached hydrogen (secondary N) is 1. The second kappa shape index (κ2) is 11.3. The van der Waals surface area contributed by atoms with Gasteiger partial charge < -0.3 is 19.0 Å². The first kappa shape index (κ1) is 27.4. The van der Waals surface area contributed by atoms with Crippen molar-refractivity contribution in [2.75, 3.05) is 13.7 Å². The van der Waals surface area contributed by atoms with Crippen molar-refractivity contribution in [1.82, 2.24) is 9.13 Å². The zero-order chi connectivity index (χ0) is 25.2. The molecule has 0 saturated heterocycles. The van der Waals surface area contributed by atoms with Crippen LogP contribution in [0.3, 0.4) is 0 Å². The van der Waals surface area contributed by atoms with Gasteiger partial charge >= 0.3 is 0 Å². The van der Waals surface area contributed by atoms with E-state index in [1.54, 1.807) is 23.8 Å². The summed E-state index contributed by atoms with van der Waals surface area (Å²) in [6, 6.07) is 21.4. The Morgan fingerprint density at radius 3 is 2.19 bits per heavy atom. The molecule has 0 spiro atoms. The lowest BCUT2D eigenvalue weighted by atomic mass is 9.83. The number of ether oxygens (including phenoxy) is 1. The molecule has 0 fully saturated rings. The Labute approximate surface area is 222 Å². The molecule has 0 aliphatic rings. The van der Waals surface area contributed by atoms with E-state index < -0.39 is 0 Å². The van der Waals surface area contributed by atoms with Crippen LogP contribution >= 0.6 is 17.0 Å². The summed E-state index contributed by atoms with van der Waals surface area (Å²) in [4.78, 5) is 13.6. The minimum atomic E-state index is -0.332. The monoisotopic (exact) mass is 551 g/mol. The third kappa shape index (κ3) is 5.63. The molecule has 4 aromatic rings. The van der Waals surface area contributed by atoms with E-state index in [9.17, 15) is 9.90 Å². The van der Waals surface area contributed by atoms with Crippen LogP contribution in [-0.4, -0.2) is 33.7 Å². The van der Waals surface area contributed by atoms with Gasteiger partial charge in [-0.05, 0) is 47.2 Å². The van der Waals surface area contributed by atoms with Crippen molar-refractivity contribution in [2.45, 2.75) is 45.7 Å². The Bertz CT molecular complexity index is 1420. The van der Waals surface area contributed by atoms with Crippen LogP contribution in [0.4, 0.5) is 0 Å². The molecule has 190 valence electrons. The number of nitrogens with zero attached hydrogens (tertiary/aromatic N) is 2. The third-order valence-corrected chi connectivity index (χ3v) is 6.35. The van der Waals surface area contributed by atoms with E-state index in [0.29, 0.717) is 30.7 Å².